The Morgan fingerprint density at radius 3 is 2.49 bits per heavy atom. The summed E-state index contributed by atoms with van der Waals surface area (Å²) >= 11 is 0. The van der Waals surface area contributed by atoms with Crippen LogP contribution in [-0.4, -0.2) is 60.1 Å². The Balaban J connectivity index is 1.39. The summed E-state index contributed by atoms with van der Waals surface area (Å²) in [7, 11) is 0. The molecule has 7 nitrogen and oxygen atoms in total. The van der Waals surface area contributed by atoms with Crippen LogP contribution in [0.25, 0.3) is 0 Å². The Morgan fingerprint density at radius 2 is 1.79 bits per heavy atom. The van der Waals surface area contributed by atoms with Gasteiger partial charge < -0.3 is 19.1 Å². The molecule has 0 aromatic heterocycles. The van der Waals surface area contributed by atoms with E-state index in [9.17, 15) is 14.4 Å². The number of carbonyl (C=O) groups excluding carboxylic acids is 3. The van der Waals surface area contributed by atoms with Gasteiger partial charge in [-0.3, -0.25) is 9.59 Å². The minimum atomic E-state index is -0.532. The summed E-state index contributed by atoms with van der Waals surface area (Å²) in [6, 6.07) is 13.7. The number of morpholine rings is 1. The third-order valence-electron chi connectivity index (χ3n) is 7.30. The molecule has 0 bridgehead atoms. The minimum absolute atomic E-state index is 0.0224. The first-order chi connectivity index (χ1) is 18.6. The van der Waals surface area contributed by atoms with E-state index in [2.05, 4.69) is 12.1 Å². The van der Waals surface area contributed by atoms with Crippen LogP contribution in [0, 0.1) is 0 Å². The Kier molecular flexibility index (Phi) is 9.11. The lowest BCUT2D eigenvalue weighted by Crippen LogP contribution is -2.47. The van der Waals surface area contributed by atoms with Crippen molar-refractivity contribution in [3.63, 3.8) is 0 Å². The number of ether oxygens (including phenoxy) is 3. The maximum absolute atomic E-state index is 13.3. The molecule has 0 N–H and O–H groups in total. The molecule has 210 valence electrons. The topological polar surface area (TPSA) is 82.1 Å². The first-order valence-corrected chi connectivity index (χ1v) is 14.1. The molecular weight excluding hydrogens is 494 g/mol. The van der Waals surface area contributed by atoms with Crippen molar-refractivity contribution in [1.29, 1.82) is 0 Å². The maximum atomic E-state index is 13.3. The van der Waals surface area contributed by atoms with Gasteiger partial charge in [-0.05, 0) is 58.2 Å². The second kappa shape index (κ2) is 12.3. The van der Waals surface area contributed by atoms with E-state index in [1.54, 1.807) is 11.0 Å². The summed E-state index contributed by atoms with van der Waals surface area (Å²) in [6.45, 7) is 10.9. The van der Waals surface area contributed by atoms with Crippen LogP contribution in [0.1, 0.15) is 104 Å². The van der Waals surface area contributed by atoms with Gasteiger partial charge in [-0.25, -0.2) is 4.79 Å². The number of Topliss-reactive ketones (excluding diaryl/α,β-unsaturated/α-hetero) is 2. The molecule has 1 fully saturated rings. The van der Waals surface area contributed by atoms with Crippen molar-refractivity contribution in [1.82, 2.24) is 4.90 Å². The lowest BCUT2D eigenvalue weighted by Gasteiger charge is -2.34. The summed E-state index contributed by atoms with van der Waals surface area (Å²) in [5.74, 6) is 0.581. The lowest BCUT2D eigenvalue weighted by atomic mass is 9.85. The Hall–Kier alpha value is -3.19. The molecule has 1 saturated heterocycles. The fraction of sp³-hybridized carbons (Fsp3) is 0.531. The molecule has 7 heteroatoms. The monoisotopic (exact) mass is 535 g/mol. The highest BCUT2D eigenvalue weighted by Crippen LogP contribution is 2.45. The molecular formula is C32H41NO6. The van der Waals surface area contributed by atoms with Crippen LogP contribution >= 0.6 is 0 Å². The van der Waals surface area contributed by atoms with Crippen molar-refractivity contribution < 1.29 is 28.6 Å². The van der Waals surface area contributed by atoms with E-state index in [1.165, 1.54) is 0 Å². The third-order valence-corrected chi connectivity index (χ3v) is 7.30. The van der Waals surface area contributed by atoms with Crippen LogP contribution in [0.15, 0.2) is 42.5 Å². The van der Waals surface area contributed by atoms with Gasteiger partial charge in [-0.15, -0.1) is 0 Å². The van der Waals surface area contributed by atoms with Crippen molar-refractivity contribution in [2.24, 2.45) is 0 Å². The SMILES string of the molecule is CCC(=O)c1cc(C(=O)CCCCC2CN(C(=O)OC(C)(C)C)CCO2)cc2c1O[C@H](C)[C@H]2c1ccccc1. The molecule has 4 rings (SSSR count). The number of hydrogen-bond donors (Lipinski definition) is 0. The van der Waals surface area contributed by atoms with E-state index < -0.39 is 5.60 Å². The van der Waals surface area contributed by atoms with Gasteiger partial charge >= 0.3 is 6.09 Å². The van der Waals surface area contributed by atoms with Gasteiger partial charge in [0.05, 0.1) is 24.8 Å². The van der Waals surface area contributed by atoms with E-state index >= 15 is 0 Å². The molecule has 2 aliphatic heterocycles. The summed E-state index contributed by atoms with van der Waals surface area (Å²) in [4.78, 5) is 40.3. The zero-order valence-corrected chi connectivity index (χ0v) is 23.8. The lowest BCUT2D eigenvalue weighted by molar-refractivity contribution is -0.0451. The number of unbranched alkanes of at least 4 members (excludes halogenated alkanes) is 1. The number of fused-ring (bicyclic) bond motifs is 1. The number of ketones is 2. The van der Waals surface area contributed by atoms with Gasteiger partial charge in [0.15, 0.2) is 11.6 Å². The fourth-order valence-electron chi connectivity index (χ4n) is 5.38. The van der Waals surface area contributed by atoms with Gasteiger partial charge in [0.1, 0.15) is 17.5 Å². The standard InChI is InChI=1S/C32H41NO6/c1-6-27(34)25-18-23(19-26-29(21(2)38-30(25)26)22-12-8-7-9-13-22)28(35)15-11-10-14-24-20-33(16-17-37-24)31(36)39-32(3,4)5/h7-9,12-13,18-19,21,24,29H,6,10-11,14-17,20H2,1-5H3/t21-,24?,29+/m1/s1. The smallest absolute Gasteiger partial charge is 0.410 e. The summed E-state index contributed by atoms with van der Waals surface area (Å²) in [6.07, 6.45) is 2.48. The van der Waals surface area contributed by atoms with Crippen LogP contribution in [0.3, 0.4) is 0 Å². The average Bonchev–Trinajstić information content (AvgIpc) is 3.25. The van der Waals surface area contributed by atoms with Gasteiger partial charge in [-0.1, -0.05) is 43.7 Å². The highest BCUT2D eigenvalue weighted by atomic mass is 16.6. The van der Waals surface area contributed by atoms with Crippen molar-refractivity contribution >= 4 is 17.7 Å². The Labute approximate surface area is 231 Å². The molecule has 2 aromatic carbocycles. The molecule has 0 aliphatic carbocycles. The van der Waals surface area contributed by atoms with Crippen LogP contribution in [0.2, 0.25) is 0 Å². The van der Waals surface area contributed by atoms with Crippen LogP contribution in [-0.2, 0) is 9.47 Å². The molecule has 0 radical (unpaired) electrons. The number of nitrogens with zero attached hydrogens (tertiary/aromatic N) is 1. The van der Waals surface area contributed by atoms with Gasteiger partial charge in [0.25, 0.3) is 0 Å². The quantitative estimate of drug-likeness (QED) is 0.267. The molecule has 3 atom stereocenters. The van der Waals surface area contributed by atoms with Crippen molar-refractivity contribution in [2.45, 2.75) is 90.4 Å². The van der Waals surface area contributed by atoms with Gasteiger partial charge in [-0.2, -0.15) is 0 Å². The van der Waals surface area contributed by atoms with E-state index in [-0.39, 0.29) is 35.8 Å². The second-order valence-electron chi connectivity index (χ2n) is 11.5. The predicted octanol–water partition coefficient (Wildman–Crippen LogP) is 6.57. The fourth-order valence-corrected chi connectivity index (χ4v) is 5.38. The molecule has 2 aromatic rings. The third kappa shape index (κ3) is 7.07. The number of rotatable bonds is 9. The number of carbonyl (C=O) groups is 3. The zero-order chi connectivity index (χ0) is 28.2. The first-order valence-electron chi connectivity index (χ1n) is 14.1. The van der Waals surface area contributed by atoms with E-state index in [4.69, 9.17) is 14.2 Å². The van der Waals surface area contributed by atoms with Crippen molar-refractivity contribution in [3.05, 3.63) is 64.7 Å². The van der Waals surface area contributed by atoms with Crippen LogP contribution in [0.5, 0.6) is 5.75 Å². The number of benzene rings is 2. The number of amides is 1. The van der Waals surface area contributed by atoms with E-state index in [0.29, 0.717) is 55.8 Å². The normalized spacial score (nSPS) is 20.7. The second-order valence-corrected chi connectivity index (χ2v) is 11.5. The van der Waals surface area contributed by atoms with Crippen molar-refractivity contribution in [2.75, 3.05) is 19.7 Å². The molecule has 39 heavy (non-hydrogen) atoms. The van der Waals surface area contributed by atoms with Crippen LogP contribution < -0.4 is 4.74 Å². The molecule has 1 amide bonds. The van der Waals surface area contributed by atoms with Gasteiger partial charge in [0.2, 0.25) is 0 Å². The average molecular weight is 536 g/mol. The number of hydrogen-bond acceptors (Lipinski definition) is 6. The molecule has 0 saturated carbocycles. The highest BCUT2D eigenvalue weighted by Gasteiger charge is 2.36. The highest BCUT2D eigenvalue weighted by molar-refractivity contribution is 6.04. The zero-order valence-electron chi connectivity index (χ0n) is 23.8. The Morgan fingerprint density at radius 1 is 1.05 bits per heavy atom. The maximum Gasteiger partial charge on any atom is 0.410 e. The van der Waals surface area contributed by atoms with Gasteiger partial charge in [0, 0.05) is 36.4 Å². The largest absolute Gasteiger partial charge is 0.489 e. The van der Waals surface area contributed by atoms with E-state index in [0.717, 1.165) is 24.0 Å². The molecule has 2 heterocycles. The molecule has 0 spiro atoms. The summed E-state index contributed by atoms with van der Waals surface area (Å²) < 4.78 is 17.6. The predicted molar refractivity (Wildman–Crippen MR) is 150 cm³/mol. The Bertz CT molecular complexity index is 1190. The minimum Gasteiger partial charge on any atom is -0.489 e. The summed E-state index contributed by atoms with van der Waals surface area (Å²) in [5.41, 5.74) is 2.55. The molecule has 2 aliphatic rings. The van der Waals surface area contributed by atoms with Crippen LogP contribution in [0.4, 0.5) is 4.79 Å². The summed E-state index contributed by atoms with van der Waals surface area (Å²) in [5, 5.41) is 0. The molecule has 1 unspecified atom stereocenters. The van der Waals surface area contributed by atoms with Crippen molar-refractivity contribution in [3.8, 4) is 5.75 Å². The van der Waals surface area contributed by atoms with E-state index in [1.807, 2.05) is 58.9 Å². The first kappa shape index (κ1) is 28.8.